The second-order valence-corrected chi connectivity index (χ2v) is 4.99. The van der Waals surface area contributed by atoms with Crippen molar-refractivity contribution < 1.29 is 9.90 Å². The third kappa shape index (κ3) is 3.64. The minimum Gasteiger partial charge on any atom is -0.400 e. The minimum absolute atomic E-state index is 0.0779. The lowest BCUT2D eigenvalue weighted by atomic mass is 10.1. The van der Waals surface area contributed by atoms with Crippen molar-refractivity contribution in [2.45, 2.75) is 6.54 Å². The Morgan fingerprint density at radius 1 is 1.17 bits per heavy atom. The van der Waals surface area contributed by atoms with Gasteiger partial charge in [-0.15, -0.1) is 0 Å². The second-order valence-electron chi connectivity index (χ2n) is 4.99. The first-order valence-corrected chi connectivity index (χ1v) is 7.09. The molecule has 0 unspecified atom stereocenters. The number of nitrogen functional groups attached to an aromatic ring is 1. The maximum atomic E-state index is 10.7. The molecule has 0 aliphatic rings. The molecule has 1 aromatic heterocycles. The van der Waals surface area contributed by atoms with E-state index in [1.54, 1.807) is 0 Å². The van der Waals surface area contributed by atoms with Gasteiger partial charge in [-0.3, -0.25) is 10.2 Å². The van der Waals surface area contributed by atoms with E-state index in [4.69, 9.17) is 16.2 Å². The van der Waals surface area contributed by atoms with Crippen LogP contribution in [-0.4, -0.2) is 28.9 Å². The van der Waals surface area contributed by atoms with Crippen molar-refractivity contribution in [2.24, 2.45) is 5.73 Å². The van der Waals surface area contributed by atoms with E-state index in [2.05, 4.69) is 4.57 Å². The fourth-order valence-corrected chi connectivity index (χ4v) is 2.40. The summed E-state index contributed by atoms with van der Waals surface area (Å²) in [4.78, 5) is 10.7. The fourth-order valence-electron chi connectivity index (χ4n) is 2.40. The van der Waals surface area contributed by atoms with Crippen LogP contribution in [0.3, 0.4) is 0 Å². The summed E-state index contributed by atoms with van der Waals surface area (Å²) in [6.07, 6.45) is 2.86. The molecule has 3 aromatic rings. The summed E-state index contributed by atoms with van der Waals surface area (Å²) in [5, 5.41) is 15.5. The molecule has 0 fully saturated rings. The largest absolute Gasteiger partial charge is 0.400 e. The van der Waals surface area contributed by atoms with Gasteiger partial charge in [0, 0.05) is 41.9 Å². The Morgan fingerprint density at radius 3 is 2.48 bits per heavy atom. The molecule has 0 amide bonds. The number of amidine groups is 1. The maximum absolute atomic E-state index is 10.7. The van der Waals surface area contributed by atoms with Gasteiger partial charge in [0.25, 0.3) is 0 Å². The van der Waals surface area contributed by atoms with E-state index < -0.39 is 0 Å². The van der Waals surface area contributed by atoms with Crippen LogP contribution in [0.25, 0.3) is 10.9 Å². The number of hydrogen-bond donors (Lipinski definition) is 3. The third-order valence-corrected chi connectivity index (χ3v) is 3.55. The van der Waals surface area contributed by atoms with Crippen LogP contribution in [0, 0.1) is 5.41 Å². The van der Waals surface area contributed by atoms with E-state index in [1.165, 1.54) is 0 Å². The molecule has 0 saturated heterocycles. The van der Waals surface area contributed by atoms with Gasteiger partial charge in [0.2, 0.25) is 0 Å². The fraction of sp³-hybridized carbons (Fsp3) is 0.111. The number of fused-ring (bicyclic) bond motifs is 1. The minimum atomic E-state index is 0.0779. The Hall–Kier alpha value is -2.92. The van der Waals surface area contributed by atoms with E-state index in [0.717, 1.165) is 42.0 Å². The molecule has 2 aromatic carbocycles. The zero-order valence-corrected chi connectivity index (χ0v) is 12.9. The molecular weight excluding hydrogens is 290 g/mol. The molecule has 0 aliphatic heterocycles. The van der Waals surface area contributed by atoms with Crippen LogP contribution in [0.5, 0.6) is 0 Å². The quantitative estimate of drug-likeness (QED) is 0.392. The summed E-state index contributed by atoms with van der Waals surface area (Å²) < 4.78 is 2.13. The van der Waals surface area contributed by atoms with Crippen molar-refractivity contribution in [2.75, 3.05) is 7.11 Å². The molecule has 0 saturated carbocycles. The number of carbonyl (C=O) groups excluding carboxylic acids is 1. The number of aliphatic hydroxyl groups excluding tert-OH is 1. The number of nitrogens with one attached hydrogen (secondary N) is 1. The molecule has 0 radical (unpaired) electrons. The average Bonchev–Trinajstić information content (AvgIpc) is 2.99. The highest BCUT2D eigenvalue weighted by molar-refractivity contribution is 5.98. The van der Waals surface area contributed by atoms with Gasteiger partial charge < -0.3 is 15.4 Å². The molecule has 118 valence electrons. The van der Waals surface area contributed by atoms with Gasteiger partial charge in [0.1, 0.15) is 12.1 Å². The highest BCUT2D eigenvalue weighted by Gasteiger charge is 2.04. The van der Waals surface area contributed by atoms with Crippen LogP contribution in [0.4, 0.5) is 0 Å². The van der Waals surface area contributed by atoms with Crippen molar-refractivity contribution in [3.05, 3.63) is 71.4 Å². The molecule has 1 heterocycles. The third-order valence-electron chi connectivity index (χ3n) is 3.55. The molecule has 5 heteroatoms. The Bertz CT molecular complexity index is 820. The lowest BCUT2D eigenvalue weighted by Gasteiger charge is -2.07. The summed E-state index contributed by atoms with van der Waals surface area (Å²) >= 11 is 0. The topological polar surface area (TPSA) is 92.1 Å². The summed E-state index contributed by atoms with van der Waals surface area (Å²) in [5.74, 6) is 0.0779. The summed E-state index contributed by atoms with van der Waals surface area (Å²) in [5.41, 5.74) is 9.15. The predicted molar refractivity (Wildman–Crippen MR) is 92.0 cm³/mol. The van der Waals surface area contributed by atoms with Crippen LogP contribution in [-0.2, 0) is 6.54 Å². The number of carbonyl (C=O) groups is 1. The van der Waals surface area contributed by atoms with Crippen molar-refractivity contribution >= 4 is 23.0 Å². The molecule has 4 N–H and O–H groups in total. The van der Waals surface area contributed by atoms with Gasteiger partial charge >= 0.3 is 0 Å². The number of nitrogens with zero attached hydrogens (tertiary/aromatic N) is 1. The van der Waals surface area contributed by atoms with E-state index >= 15 is 0 Å². The molecule has 0 spiro atoms. The Labute approximate surface area is 134 Å². The number of nitrogens with two attached hydrogens (primary N) is 1. The number of aldehydes is 1. The van der Waals surface area contributed by atoms with Crippen LogP contribution in [0.2, 0.25) is 0 Å². The smallest absolute Gasteiger partial charge is 0.150 e. The molecule has 0 bridgehead atoms. The highest BCUT2D eigenvalue weighted by atomic mass is 16.2. The molecular formula is C18H19N3O2. The Balaban J connectivity index is 0.000000924. The summed E-state index contributed by atoms with van der Waals surface area (Å²) in [7, 11) is 1.00. The number of aromatic nitrogens is 1. The zero-order chi connectivity index (χ0) is 16.8. The standard InChI is InChI=1S/C17H15N3O.CH4O/c18-17(19)15-5-6-16-14(9-15)7-8-20(16)10-12-1-3-13(11-21)4-2-12;1-2/h1-9,11H,10H2,(H3,18,19);2H,1H3. The van der Waals surface area contributed by atoms with Crippen LogP contribution < -0.4 is 5.73 Å². The SMILES string of the molecule is CO.N=C(N)c1ccc2c(ccn2Cc2ccc(C=O)cc2)c1. The van der Waals surface area contributed by atoms with Crippen LogP contribution >= 0.6 is 0 Å². The van der Waals surface area contributed by atoms with Gasteiger partial charge in [-0.25, -0.2) is 0 Å². The molecule has 0 atom stereocenters. The van der Waals surface area contributed by atoms with Gasteiger partial charge in [-0.2, -0.15) is 0 Å². The zero-order valence-electron chi connectivity index (χ0n) is 12.9. The normalized spacial score (nSPS) is 10.0. The molecule has 23 heavy (non-hydrogen) atoms. The predicted octanol–water partition coefficient (Wildman–Crippen LogP) is 2.39. The number of aliphatic hydroxyl groups is 1. The van der Waals surface area contributed by atoms with Gasteiger partial charge in [0.15, 0.2) is 0 Å². The monoisotopic (exact) mass is 309 g/mol. The lowest BCUT2D eigenvalue weighted by molar-refractivity contribution is 0.112. The first-order valence-electron chi connectivity index (χ1n) is 7.09. The first kappa shape index (κ1) is 16.5. The maximum Gasteiger partial charge on any atom is 0.150 e. The Kier molecular flexibility index (Phi) is 5.28. The van der Waals surface area contributed by atoms with E-state index in [9.17, 15) is 4.79 Å². The van der Waals surface area contributed by atoms with Crippen molar-refractivity contribution in [3.63, 3.8) is 0 Å². The summed E-state index contributed by atoms with van der Waals surface area (Å²) in [6, 6.07) is 15.3. The van der Waals surface area contributed by atoms with E-state index in [0.29, 0.717) is 5.56 Å². The van der Waals surface area contributed by atoms with Crippen molar-refractivity contribution in [1.29, 1.82) is 5.41 Å². The van der Waals surface area contributed by atoms with Crippen LogP contribution in [0.1, 0.15) is 21.5 Å². The first-order chi connectivity index (χ1) is 11.2. The molecule has 3 rings (SSSR count). The molecule has 5 nitrogen and oxygen atoms in total. The Morgan fingerprint density at radius 2 is 1.87 bits per heavy atom. The van der Waals surface area contributed by atoms with Gasteiger partial charge in [0.05, 0.1) is 0 Å². The van der Waals surface area contributed by atoms with Gasteiger partial charge in [-0.1, -0.05) is 24.3 Å². The van der Waals surface area contributed by atoms with Crippen molar-refractivity contribution in [1.82, 2.24) is 4.57 Å². The van der Waals surface area contributed by atoms with Gasteiger partial charge in [-0.05, 0) is 29.8 Å². The van der Waals surface area contributed by atoms with E-state index in [1.807, 2.05) is 54.7 Å². The average molecular weight is 309 g/mol. The van der Waals surface area contributed by atoms with E-state index in [-0.39, 0.29) is 5.84 Å². The second kappa shape index (κ2) is 7.38. The molecule has 0 aliphatic carbocycles. The highest BCUT2D eigenvalue weighted by Crippen LogP contribution is 2.19. The van der Waals surface area contributed by atoms with Crippen molar-refractivity contribution in [3.8, 4) is 0 Å². The lowest BCUT2D eigenvalue weighted by Crippen LogP contribution is -2.10. The number of rotatable bonds is 4. The number of benzene rings is 2. The summed E-state index contributed by atoms with van der Waals surface area (Å²) in [6.45, 7) is 0.738. The number of hydrogen-bond acceptors (Lipinski definition) is 3. The van der Waals surface area contributed by atoms with Crippen LogP contribution in [0.15, 0.2) is 54.7 Å².